The van der Waals surface area contributed by atoms with Crippen LogP contribution in [0.4, 0.5) is 0 Å². The molecular formula is C19H14BrN3O3. The molecule has 6 nitrogen and oxygen atoms in total. The molecular weight excluding hydrogens is 398 g/mol. The van der Waals surface area contributed by atoms with Crippen LogP contribution in [0.15, 0.2) is 62.6 Å². The Balaban J connectivity index is 2.07. The van der Waals surface area contributed by atoms with Crippen molar-refractivity contribution in [1.29, 1.82) is 0 Å². The minimum Gasteiger partial charge on any atom is -0.497 e. The van der Waals surface area contributed by atoms with E-state index in [0.717, 1.165) is 32.6 Å². The van der Waals surface area contributed by atoms with Crippen LogP contribution in [0.25, 0.3) is 33.4 Å². The van der Waals surface area contributed by atoms with Gasteiger partial charge in [0.1, 0.15) is 11.4 Å². The van der Waals surface area contributed by atoms with E-state index in [2.05, 4.69) is 30.9 Å². The molecule has 4 aromatic rings. The van der Waals surface area contributed by atoms with Crippen LogP contribution >= 0.6 is 15.9 Å². The molecule has 0 radical (unpaired) electrons. The quantitative estimate of drug-likeness (QED) is 0.480. The highest BCUT2D eigenvalue weighted by atomic mass is 79.9. The Morgan fingerprint density at radius 3 is 2.15 bits per heavy atom. The van der Waals surface area contributed by atoms with Gasteiger partial charge in [-0.1, -0.05) is 40.2 Å². The molecule has 0 amide bonds. The second-order valence-electron chi connectivity index (χ2n) is 5.77. The summed E-state index contributed by atoms with van der Waals surface area (Å²) in [6.45, 7) is 0. The van der Waals surface area contributed by atoms with Crippen molar-refractivity contribution in [2.75, 3.05) is 7.11 Å². The highest BCUT2D eigenvalue weighted by molar-refractivity contribution is 9.10. The lowest BCUT2D eigenvalue weighted by Gasteiger charge is -2.07. The molecule has 0 aliphatic heterocycles. The van der Waals surface area contributed by atoms with E-state index in [0.29, 0.717) is 11.0 Å². The third-order valence-corrected chi connectivity index (χ3v) is 4.73. The molecule has 0 fully saturated rings. The highest BCUT2D eigenvalue weighted by Gasteiger charge is 2.18. The van der Waals surface area contributed by atoms with Crippen LogP contribution in [0.1, 0.15) is 0 Å². The number of benzene rings is 2. The van der Waals surface area contributed by atoms with E-state index < -0.39 is 11.2 Å². The van der Waals surface area contributed by atoms with Crippen LogP contribution in [0, 0.1) is 0 Å². The van der Waals surface area contributed by atoms with Crippen molar-refractivity contribution >= 4 is 27.0 Å². The SMILES string of the molecule is COc1ccc(-c2c(-c3ccc(Br)cc3)[nH]c3[nH]c(=O)[nH]c(=O)c23)cc1. The van der Waals surface area contributed by atoms with Crippen molar-refractivity contribution in [2.24, 2.45) is 0 Å². The van der Waals surface area contributed by atoms with Gasteiger partial charge >= 0.3 is 5.69 Å². The molecule has 0 spiro atoms. The summed E-state index contributed by atoms with van der Waals surface area (Å²) in [7, 11) is 1.60. The molecule has 130 valence electrons. The Hall–Kier alpha value is -3.06. The summed E-state index contributed by atoms with van der Waals surface area (Å²) in [5.41, 5.74) is 2.62. The van der Waals surface area contributed by atoms with Gasteiger partial charge in [-0.3, -0.25) is 14.8 Å². The van der Waals surface area contributed by atoms with Gasteiger partial charge in [-0.25, -0.2) is 4.79 Å². The van der Waals surface area contributed by atoms with Crippen LogP contribution in [-0.2, 0) is 0 Å². The molecule has 2 heterocycles. The Morgan fingerprint density at radius 1 is 0.846 bits per heavy atom. The lowest BCUT2D eigenvalue weighted by Crippen LogP contribution is -2.21. The molecule has 4 rings (SSSR count). The summed E-state index contributed by atoms with van der Waals surface area (Å²) in [5, 5.41) is 0.410. The average Bonchev–Trinajstić information content (AvgIpc) is 3.02. The summed E-state index contributed by atoms with van der Waals surface area (Å²) < 4.78 is 6.17. The van der Waals surface area contributed by atoms with Crippen molar-refractivity contribution in [3.63, 3.8) is 0 Å². The van der Waals surface area contributed by atoms with Crippen molar-refractivity contribution in [3.05, 3.63) is 73.8 Å². The average molecular weight is 412 g/mol. The van der Waals surface area contributed by atoms with Crippen molar-refractivity contribution in [2.45, 2.75) is 0 Å². The van der Waals surface area contributed by atoms with E-state index in [9.17, 15) is 9.59 Å². The fourth-order valence-corrected chi connectivity index (χ4v) is 3.27. The third kappa shape index (κ3) is 2.76. The second-order valence-corrected chi connectivity index (χ2v) is 6.68. The number of methoxy groups -OCH3 is 1. The number of rotatable bonds is 3. The van der Waals surface area contributed by atoms with E-state index in [-0.39, 0.29) is 0 Å². The summed E-state index contributed by atoms with van der Waals surface area (Å²) in [6.07, 6.45) is 0. The van der Waals surface area contributed by atoms with E-state index in [1.807, 2.05) is 48.5 Å². The molecule has 2 aromatic carbocycles. The fraction of sp³-hybridized carbons (Fsp3) is 0.0526. The van der Waals surface area contributed by atoms with Crippen LogP contribution in [0.5, 0.6) is 5.75 Å². The fourth-order valence-electron chi connectivity index (χ4n) is 3.01. The topological polar surface area (TPSA) is 90.7 Å². The van der Waals surface area contributed by atoms with E-state index in [4.69, 9.17) is 4.74 Å². The zero-order valence-corrected chi connectivity index (χ0v) is 15.3. The standard InChI is InChI=1S/C19H14BrN3O3/c1-26-13-8-4-10(5-9-13)14-15-17(22-19(25)23-18(15)24)21-16(14)11-2-6-12(20)7-3-11/h2-9H,1H3,(H3,21,22,23,24,25). The number of fused-ring (bicyclic) bond motifs is 1. The first-order valence-electron chi connectivity index (χ1n) is 7.85. The summed E-state index contributed by atoms with van der Waals surface area (Å²) >= 11 is 3.43. The highest BCUT2D eigenvalue weighted by Crippen LogP contribution is 2.36. The Labute approximate surface area is 156 Å². The maximum absolute atomic E-state index is 12.5. The second kappa shape index (κ2) is 6.34. The van der Waals surface area contributed by atoms with Gasteiger partial charge in [0.2, 0.25) is 0 Å². The minimum atomic E-state index is -0.549. The third-order valence-electron chi connectivity index (χ3n) is 4.20. The normalized spacial score (nSPS) is 11.0. The van der Waals surface area contributed by atoms with Crippen LogP contribution in [0.3, 0.4) is 0 Å². The number of ether oxygens (including phenoxy) is 1. The van der Waals surface area contributed by atoms with Gasteiger partial charge in [0.25, 0.3) is 5.56 Å². The number of hydrogen-bond acceptors (Lipinski definition) is 3. The predicted octanol–water partition coefficient (Wildman–Crippen LogP) is 3.65. The van der Waals surface area contributed by atoms with Crippen LogP contribution < -0.4 is 16.0 Å². The summed E-state index contributed by atoms with van der Waals surface area (Å²) in [5.74, 6) is 0.723. The molecule has 0 saturated heterocycles. The van der Waals surface area contributed by atoms with E-state index in [1.165, 1.54) is 0 Å². The van der Waals surface area contributed by atoms with E-state index in [1.54, 1.807) is 7.11 Å². The van der Waals surface area contributed by atoms with Gasteiger partial charge in [0.15, 0.2) is 0 Å². The maximum atomic E-state index is 12.5. The Bertz CT molecular complexity index is 1200. The number of H-pyrrole nitrogens is 3. The maximum Gasteiger partial charge on any atom is 0.327 e. The number of aromatic amines is 3. The zero-order valence-electron chi connectivity index (χ0n) is 13.7. The molecule has 26 heavy (non-hydrogen) atoms. The van der Waals surface area contributed by atoms with Gasteiger partial charge < -0.3 is 9.72 Å². The number of nitrogens with one attached hydrogen (secondary N) is 3. The molecule has 0 saturated carbocycles. The smallest absolute Gasteiger partial charge is 0.327 e. The van der Waals surface area contributed by atoms with Gasteiger partial charge in [-0.05, 0) is 35.4 Å². The lowest BCUT2D eigenvalue weighted by atomic mass is 9.99. The molecule has 0 aliphatic rings. The number of aromatic nitrogens is 3. The number of halogens is 1. The molecule has 0 aliphatic carbocycles. The lowest BCUT2D eigenvalue weighted by molar-refractivity contribution is 0.415. The van der Waals surface area contributed by atoms with Crippen molar-refractivity contribution in [1.82, 2.24) is 15.0 Å². The molecule has 0 bridgehead atoms. The Kier molecular flexibility index (Phi) is 4.00. The minimum absolute atomic E-state index is 0.391. The first-order valence-corrected chi connectivity index (χ1v) is 8.65. The molecule has 3 N–H and O–H groups in total. The van der Waals surface area contributed by atoms with Gasteiger partial charge in [0, 0.05) is 10.0 Å². The largest absolute Gasteiger partial charge is 0.497 e. The Morgan fingerprint density at radius 2 is 1.50 bits per heavy atom. The zero-order chi connectivity index (χ0) is 18.3. The van der Waals surface area contributed by atoms with Gasteiger partial charge in [-0.15, -0.1) is 0 Å². The summed E-state index contributed by atoms with van der Waals surface area (Å²) in [4.78, 5) is 32.3. The van der Waals surface area contributed by atoms with E-state index >= 15 is 0 Å². The van der Waals surface area contributed by atoms with Crippen LogP contribution in [0.2, 0.25) is 0 Å². The first kappa shape index (κ1) is 16.4. The predicted molar refractivity (Wildman–Crippen MR) is 105 cm³/mol. The number of hydrogen-bond donors (Lipinski definition) is 3. The molecule has 0 atom stereocenters. The monoisotopic (exact) mass is 411 g/mol. The van der Waals surface area contributed by atoms with Gasteiger partial charge in [0.05, 0.1) is 18.2 Å². The van der Waals surface area contributed by atoms with Crippen LogP contribution in [-0.4, -0.2) is 22.1 Å². The van der Waals surface area contributed by atoms with Gasteiger partial charge in [-0.2, -0.15) is 0 Å². The molecule has 0 unspecified atom stereocenters. The molecule has 2 aromatic heterocycles. The first-order chi connectivity index (χ1) is 12.6. The van der Waals surface area contributed by atoms with Crippen molar-refractivity contribution < 1.29 is 4.74 Å². The molecule has 7 heteroatoms. The van der Waals surface area contributed by atoms with Crippen molar-refractivity contribution in [3.8, 4) is 28.1 Å². The summed E-state index contributed by atoms with van der Waals surface area (Å²) in [6, 6.07) is 15.2.